The number of hydrogen-bond donors (Lipinski definition) is 1. The van der Waals surface area contributed by atoms with E-state index in [1.807, 2.05) is 13.8 Å². The first-order valence-corrected chi connectivity index (χ1v) is 11.0. The maximum Gasteiger partial charge on any atom is 0.350 e. The van der Waals surface area contributed by atoms with Crippen LogP contribution in [0.5, 0.6) is 0 Å². The van der Waals surface area contributed by atoms with Crippen LogP contribution in [-0.4, -0.2) is 44.6 Å². The van der Waals surface area contributed by atoms with E-state index in [0.717, 1.165) is 40.0 Å². The first-order valence-electron chi connectivity index (χ1n) is 11.0. The molecule has 0 saturated heterocycles. The second-order valence-corrected chi connectivity index (χ2v) is 8.17. The molecule has 0 bridgehead atoms. The van der Waals surface area contributed by atoms with Crippen molar-refractivity contribution >= 4 is 0 Å². The number of rotatable bonds is 9. The average molecular weight is 506 g/mol. The van der Waals surface area contributed by atoms with Crippen LogP contribution >= 0.6 is 0 Å². The van der Waals surface area contributed by atoms with Gasteiger partial charge in [0, 0.05) is 11.6 Å². The van der Waals surface area contributed by atoms with Crippen molar-refractivity contribution in [3.63, 3.8) is 0 Å². The van der Waals surface area contributed by atoms with Gasteiger partial charge < -0.3 is 5.11 Å². The lowest BCUT2D eigenvalue weighted by Gasteiger charge is -2.35. The Morgan fingerprint density at radius 1 is 1.08 bits per heavy atom. The molecule has 10 nitrogen and oxygen atoms in total. The molecule has 190 valence electrons. The van der Waals surface area contributed by atoms with Gasteiger partial charge in [-0.15, -0.1) is 5.10 Å². The van der Waals surface area contributed by atoms with E-state index in [-0.39, 0.29) is 11.7 Å². The van der Waals surface area contributed by atoms with Gasteiger partial charge in [0.25, 0.3) is 0 Å². The molecule has 0 aliphatic rings. The van der Waals surface area contributed by atoms with E-state index < -0.39 is 46.6 Å². The fraction of sp³-hybridized carbons (Fsp3) is 0.364. The SMILES string of the molecule is CCC(CC)n1ncn(-c2ccc(C(F)(F)C(O)(Cn3cnnn3)c3ccc(F)cc3F)nc2)c1=O. The minimum absolute atomic E-state index is 0.123. The van der Waals surface area contributed by atoms with Crippen molar-refractivity contribution in [3.8, 4) is 5.69 Å². The quantitative estimate of drug-likeness (QED) is 0.347. The highest BCUT2D eigenvalue weighted by atomic mass is 19.3. The monoisotopic (exact) mass is 506 g/mol. The molecule has 0 spiro atoms. The van der Waals surface area contributed by atoms with E-state index in [2.05, 4.69) is 25.6 Å². The Bertz CT molecular complexity index is 1380. The van der Waals surface area contributed by atoms with Crippen LogP contribution in [0.3, 0.4) is 0 Å². The fourth-order valence-corrected chi connectivity index (χ4v) is 3.97. The van der Waals surface area contributed by atoms with Crippen molar-refractivity contribution in [2.75, 3.05) is 0 Å². The Kier molecular flexibility index (Phi) is 6.71. The van der Waals surface area contributed by atoms with Gasteiger partial charge in [-0.3, -0.25) is 4.98 Å². The van der Waals surface area contributed by atoms with Gasteiger partial charge in [-0.1, -0.05) is 13.8 Å². The molecule has 0 amide bonds. The summed E-state index contributed by atoms with van der Waals surface area (Å²) in [6.45, 7) is 2.86. The summed E-state index contributed by atoms with van der Waals surface area (Å²) in [5.41, 5.74) is -5.36. The van der Waals surface area contributed by atoms with E-state index in [9.17, 15) is 18.7 Å². The van der Waals surface area contributed by atoms with Crippen LogP contribution in [0.4, 0.5) is 17.6 Å². The molecule has 0 radical (unpaired) electrons. The molecule has 0 saturated carbocycles. The number of pyridine rings is 1. The number of benzene rings is 1. The molecule has 1 N–H and O–H groups in total. The Morgan fingerprint density at radius 3 is 2.42 bits per heavy atom. The summed E-state index contributed by atoms with van der Waals surface area (Å²) in [6, 6.07) is 3.85. The smallest absolute Gasteiger partial charge is 0.350 e. The second kappa shape index (κ2) is 9.60. The highest BCUT2D eigenvalue weighted by Crippen LogP contribution is 2.46. The second-order valence-electron chi connectivity index (χ2n) is 8.17. The summed E-state index contributed by atoms with van der Waals surface area (Å²) >= 11 is 0. The number of alkyl halides is 2. The zero-order valence-corrected chi connectivity index (χ0v) is 19.3. The number of halogens is 4. The van der Waals surface area contributed by atoms with Gasteiger partial charge >= 0.3 is 11.6 Å². The molecule has 0 aliphatic carbocycles. The maximum absolute atomic E-state index is 15.8. The summed E-state index contributed by atoms with van der Waals surface area (Å²) in [6.07, 6.45) is 4.59. The number of aliphatic hydroxyl groups is 1. The molecule has 0 fully saturated rings. The Hall–Kier alpha value is -3.94. The summed E-state index contributed by atoms with van der Waals surface area (Å²) in [7, 11) is 0. The molecule has 4 aromatic rings. The van der Waals surface area contributed by atoms with Crippen LogP contribution in [0, 0.1) is 11.6 Å². The van der Waals surface area contributed by atoms with Crippen LogP contribution in [0.25, 0.3) is 5.69 Å². The summed E-state index contributed by atoms with van der Waals surface area (Å²) in [4.78, 5) is 16.5. The number of aromatic nitrogens is 8. The molecule has 1 unspecified atom stereocenters. The van der Waals surface area contributed by atoms with Crippen molar-refractivity contribution < 1.29 is 22.7 Å². The van der Waals surface area contributed by atoms with E-state index in [1.54, 1.807) is 0 Å². The van der Waals surface area contributed by atoms with Gasteiger partial charge in [0.05, 0.1) is 24.5 Å². The summed E-state index contributed by atoms with van der Waals surface area (Å²) in [5.74, 6) is -6.60. The largest absolute Gasteiger partial charge is 0.377 e. The third-order valence-corrected chi connectivity index (χ3v) is 6.01. The molecule has 1 atom stereocenters. The van der Waals surface area contributed by atoms with Crippen molar-refractivity contribution in [1.82, 2.24) is 39.5 Å². The van der Waals surface area contributed by atoms with E-state index in [1.165, 1.54) is 17.1 Å². The number of nitrogens with zero attached hydrogens (tertiary/aromatic N) is 8. The fourth-order valence-electron chi connectivity index (χ4n) is 3.97. The first-order chi connectivity index (χ1) is 17.1. The van der Waals surface area contributed by atoms with Gasteiger partial charge in [0.1, 0.15) is 30.0 Å². The van der Waals surface area contributed by atoms with Crippen molar-refractivity contribution in [1.29, 1.82) is 0 Å². The van der Waals surface area contributed by atoms with Gasteiger partial charge in [0.15, 0.2) is 5.60 Å². The molecule has 36 heavy (non-hydrogen) atoms. The van der Waals surface area contributed by atoms with E-state index in [4.69, 9.17) is 0 Å². The van der Waals surface area contributed by atoms with Crippen LogP contribution in [0.15, 0.2) is 54.0 Å². The molecular weight excluding hydrogens is 484 g/mol. The normalized spacial score (nSPS) is 13.8. The van der Waals surface area contributed by atoms with Gasteiger partial charge in [-0.05, 0) is 47.5 Å². The Morgan fingerprint density at radius 2 is 1.83 bits per heavy atom. The number of hydrogen-bond acceptors (Lipinski definition) is 7. The van der Waals surface area contributed by atoms with Gasteiger partial charge in [-0.2, -0.15) is 13.9 Å². The number of tetrazole rings is 1. The predicted molar refractivity (Wildman–Crippen MR) is 117 cm³/mol. The Balaban J connectivity index is 1.75. The summed E-state index contributed by atoms with van der Waals surface area (Å²) in [5, 5.41) is 25.5. The third kappa shape index (κ3) is 4.27. The minimum atomic E-state index is -4.21. The molecule has 14 heteroatoms. The molecule has 0 aliphatic heterocycles. The zero-order chi connectivity index (χ0) is 26.1. The van der Waals surface area contributed by atoms with Crippen molar-refractivity contribution in [2.24, 2.45) is 0 Å². The van der Waals surface area contributed by atoms with Crippen molar-refractivity contribution in [2.45, 2.75) is 50.8 Å². The van der Waals surface area contributed by atoms with Crippen LogP contribution in [0.2, 0.25) is 0 Å². The summed E-state index contributed by atoms with van der Waals surface area (Å²) < 4.78 is 63.0. The van der Waals surface area contributed by atoms with Gasteiger partial charge in [-0.25, -0.2) is 27.5 Å². The first kappa shape index (κ1) is 25.2. The zero-order valence-electron chi connectivity index (χ0n) is 19.3. The molecule has 1 aromatic carbocycles. The average Bonchev–Trinajstić information content (AvgIpc) is 3.50. The lowest BCUT2D eigenvalue weighted by atomic mass is 9.84. The minimum Gasteiger partial charge on any atom is -0.377 e. The Labute approximate surface area is 201 Å². The molecule has 3 heterocycles. The third-order valence-electron chi connectivity index (χ3n) is 6.01. The maximum atomic E-state index is 15.8. The van der Waals surface area contributed by atoms with Crippen LogP contribution in [0.1, 0.15) is 44.0 Å². The van der Waals surface area contributed by atoms with Crippen LogP contribution in [-0.2, 0) is 18.1 Å². The lowest BCUT2D eigenvalue weighted by molar-refractivity contribution is -0.207. The molecule has 3 aromatic heterocycles. The van der Waals surface area contributed by atoms with Crippen molar-refractivity contribution in [3.05, 3.63) is 82.6 Å². The van der Waals surface area contributed by atoms with Gasteiger partial charge in [0.2, 0.25) is 0 Å². The van der Waals surface area contributed by atoms with E-state index >= 15 is 8.78 Å². The molecule has 4 rings (SSSR count). The molecular formula is C22H22F4N8O2. The highest BCUT2D eigenvalue weighted by Gasteiger charge is 2.58. The highest BCUT2D eigenvalue weighted by molar-refractivity contribution is 5.34. The lowest BCUT2D eigenvalue weighted by Crippen LogP contribution is -2.48. The van der Waals surface area contributed by atoms with Crippen LogP contribution < -0.4 is 5.69 Å². The van der Waals surface area contributed by atoms with E-state index in [0.29, 0.717) is 18.9 Å². The standard InChI is InChI=1S/C22H22F4N8O2/c1-3-15(4-2)34-20(35)33(13-29-34)16-6-8-19(27-10-16)22(25,26)21(36,11-32-12-28-30-31-32)17-7-5-14(23)9-18(17)24/h5-10,12-13,15,36H,3-4,11H2,1-2H3. The topological polar surface area (TPSA) is 117 Å². The predicted octanol–water partition coefficient (Wildman–Crippen LogP) is 2.73.